The molecule has 0 fully saturated rings. The highest BCUT2D eigenvalue weighted by molar-refractivity contribution is 5.79. The van der Waals surface area contributed by atoms with E-state index in [4.69, 9.17) is 4.74 Å². The molecule has 2 aromatic heterocycles. The van der Waals surface area contributed by atoms with Gasteiger partial charge in [0.15, 0.2) is 5.65 Å². The molecule has 0 saturated heterocycles. The third-order valence-corrected chi connectivity index (χ3v) is 3.79. The molecule has 2 heterocycles. The monoisotopic (exact) mass is 339 g/mol. The number of carbonyl (C=O) groups excluding carboxylic acids is 1. The van der Waals surface area contributed by atoms with Gasteiger partial charge < -0.3 is 15.4 Å². The summed E-state index contributed by atoms with van der Waals surface area (Å²) in [6.07, 6.45) is 5.65. The molecule has 0 atom stereocenters. The highest BCUT2D eigenvalue weighted by Gasteiger charge is 2.14. The predicted octanol–water partition coefficient (Wildman–Crippen LogP) is 2.34. The molecular formula is C18H21N5O2. The van der Waals surface area contributed by atoms with Crippen LogP contribution in [-0.4, -0.2) is 40.5 Å². The molecule has 25 heavy (non-hydrogen) atoms. The summed E-state index contributed by atoms with van der Waals surface area (Å²) in [5.74, 6) is 1.62. The molecule has 1 amide bonds. The first-order valence-corrected chi connectivity index (χ1v) is 8.20. The van der Waals surface area contributed by atoms with E-state index in [-0.39, 0.29) is 5.91 Å². The van der Waals surface area contributed by atoms with Crippen molar-refractivity contribution in [1.29, 1.82) is 0 Å². The zero-order valence-corrected chi connectivity index (χ0v) is 14.3. The first-order valence-electron chi connectivity index (χ1n) is 8.20. The molecule has 0 spiro atoms. The number of benzene rings is 1. The topological polar surface area (TPSA) is 80.5 Å². The fourth-order valence-corrected chi connectivity index (χ4v) is 2.63. The second kappa shape index (κ2) is 7.65. The van der Waals surface area contributed by atoms with Crippen molar-refractivity contribution in [3.8, 4) is 17.0 Å². The molecule has 130 valence electrons. The van der Waals surface area contributed by atoms with Crippen molar-refractivity contribution in [1.82, 2.24) is 19.7 Å². The number of ether oxygens (including phenoxy) is 1. The van der Waals surface area contributed by atoms with Crippen LogP contribution in [0.15, 0.2) is 42.9 Å². The van der Waals surface area contributed by atoms with Crippen LogP contribution in [0.5, 0.6) is 5.75 Å². The molecule has 0 radical (unpaired) electrons. The van der Waals surface area contributed by atoms with E-state index in [0.29, 0.717) is 19.5 Å². The summed E-state index contributed by atoms with van der Waals surface area (Å²) >= 11 is 0. The number of aromatic nitrogens is 3. The minimum absolute atomic E-state index is 0.0217. The zero-order chi connectivity index (χ0) is 17.6. The van der Waals surface area contributed by atoms with Crippen molar-refractivity contribution in [2.45, 2.75) is 13.3 Å². The van der Waals surface area contributed by atoms with Crippen LogP contribution in [0, 0.1) is 0 Å². The van der Waals surface area contributed by atoms with Gasteiger partial charge in [-0.15, -0.1) is 0 Å². The van der Waals surface area contributed by atoms with E-state index in [2.05, 4.69) is 20.6 Å². The lowest BCUT2D eigenvalue weighted by molar-refractivity contribution is -0.120. The smallest absolute Gasteiger partial charge is 0.221 e. The van der Waals surface area contributed by atoms with Gasteiger partial charge in [-0.1, -0.05) is 12.1 Å². The molecule has 2 N–H and O–H groups in total. The van der Waals surface area contributed by atoms with Gasteiger partial charge in [0.1, 0.15) is 17.3 Å². The van der Waals surface area contributed by atoms with Crippen LogP contribution in [-0.2, 0) is 4.79 Å². The maximum atomic E-state index is 11.7. The average Bonchev–Trinajstić information content (AvgIpc) is 3.01. The second-order valence-corrected chi connectivity index (χ2v) is 5.48. The van der Waals surface area contributed by atoms with Gasteiger partial charge in [0.25, 0.3) is 0 Å². The standard InChI is InChI=1S/C18H21N5O2/c1-3-20-16(24)7-8-21-18-17(13-5-4-6-14(11-13)25-2)22-15-12-19-9-10-23(15)18/h4-6,9-12,21H,3,7-8H2,1-2H3,(H,20,24). The third kappa shape index (κ3) is 3.71. The summed E-state index contributed by atoms with van der Waals surface area (Å²) in [7, 11) is 1.64. The van der Waals surface area contributed by atoms with Gasteiger partial charge in [-0.25, -0.2) is 4.98 Å². The van der Waals surface area contributed by atoms with Gasteiger partial charge in [0, 0.05) is 37.5 Å². The third-order valence-electron chi connectivity index (χ3n) is 3.79. The predicted molar refractivity (Wildman–Crippen MR) is 96.8 cm³/mol. The summed E-state index contributed by atoms with van der Waals surface area (Å²) in [6.45, 7) is 3.05. The highest BCUT2D eigenvalue weighted by Crippen LogP contribution is 2.30. The summed E-state index contributed by atoms with van der Waals surface area (Å²) in [5, 5.41) is 6.13. The molecule has 7 heteroatoms. The van der Waals surface area contributed by atoms with Crippen LogP contribution < -0.4 is 15.4 Å². The number of hydrogen-bond acceptors (Lipinski definition) is 5. The number of imidazole rings is 1. The van der Waals surface area contributed by atoms with E-state index >= 15 is 0 Å². The quantitative estimate of drug-likeness (QED) is 0.691. The molecule has 0 unspecified atom stereocenters. The van der Waals surface area contributed by atoms with Crippen LogP contribution in [0.25, 0.3) is 16.9 Å². The lowest BCUT2D eigenvalue weighted by Gasteiger charge is -2.09. The lowest BCUT2D eigenvalue weighted by atomic mass is 10.1. The molecule has 0 aliphatic carbocycles. The van der Waals surface area contributed by atoms with Gasteiger partial charge in [-0.2, -0.15) is 0 Å². The number of rotatable bonds is 7. The Labute approximate surface area is 146 Å². The highest BCUT2D eigenvalue weighted by atomic mass is 16.5. The fraction of sp³-hybridized carbons (Fsp3) is 0.278. The summed E-state index contributed by atoms with van der Waals surface area (Å²) in [5.41, 5.74) is 2.46. The Morgan fingerprint density at radius 3 is 3.04 bits per heavy atom. The van der Waals surface area contributed by atoms with E-state index in [1.165, 1.54) is 0 Å². The van der Waals surface area contributed by atoms with Gasteiger partial charge in [-0.05, 0) is 19.1 Å². The number of fused-ring (bicyclic) bond motifs is 1. The summed E-state index contributed by atoms with van der Waals surface area (Å²) < 4.78 is 7.24. The molecule has 0 aliphatic heterocycles. The van der Waals surface area contributed by atoms with Crippen molar-refractivity contribution in [2.75, 3.05) is 25.5 Å². The fourth-order valence-electron chi connectivity index (χ4n) is 2.63. The normalized spacial score (nSPS) is 10.6. The van der Waals surface area contributed by atoms with E-state index in [1.54, 1.807) is 19.5 Å². The Hall–Kier alpha value is -3.09. The number of amides is 1. The molecular weight excluding hydrogens is 318 g/mol. The summed E-state index contributed by atoms with van der Waals surface area (Å²) in [4.78, 5) is 20.5. The van der Waals surface area contributed by atoms with E-state index in [1.807, 2.05) is 41.8 Å². The van der Waals surface area contributed by atoms with Crippen molar-refractivity contribution < 1.29 is 9.53 Å². The Bertz CT molecular complexity index is 875. The summed E-state index contributed by atoms with van der Waals surface area (Å²) in [6, 6.07) is 7.73. The van der Waals surface area contributed by atoms with Crippen molar-refractivity contribution in [3.63, 3.8) is 0 Å². The van der Waals surface area contributed by atoms with E-state index in [0.717, 1.165) is 28.5 Å². The van der Waals surface area contributed by atoms with E-state index in [9.17, 15) is 4.79 Å². The Balaban J connectivity index is 1.93. The van der Waals surface area contributed by atoms with Crippen LogP contribution in [0.3, 0.4) is 0 Å². The molecule has 0 aliphatic rings. The zero-order valence-electron chi connectivity index (χ0n) is 14.3. The number of methoxy groups -OCH3 is 1. The Morgan fingerprint density at radius 1 is 1.36 bits per heavy atom. The maximum Gasteiger partial charge on any atom is 0.221 e. The first kappa shape index (κ1) is 16.8. The van der Waals surface area contributed by atoms with Crippen LogP contribution >= 0.6 is 0 Å². The van der Waals surface area contributed by atoms with E-state index < -0.39 is 0 Å². The first-order chi connectivity index (χ1) is 12.2. The number of nitrogens with zero attached hydrogens (tertiary/aromatic N) is 3. The van der Waals surface area contributed by atoms with Gasteiger partial charge >= 0.3 is 0 Å². The molecule has 0 bridgehead atoms. The number of hydrogen-bond donors (Lipinski definition) is 2. The van der Waals surface area contributed by atoms with Gasteiger partial charge in [0.2, 0.25) is 5.91 Å². The second-order valence-electron chi connectivity index (χ2n) is 5.48. The Kier molecular flexibility index (Phi) is 5.13. The maximum absolute atomic E-state index is 11.7. The minimum atomic E-state index is 0.0217. The lowest BCUT2D eigenvalue weighted by Crippen LogP contribution is -2.25. The number of carbonyl (C=O) groups is 1. The molecule has 1 aromatic carbocycles. The minimum Gasteiger partial charge on any atom is -0.497 e. The largest absolute Gasteiger partial charge is 0.497 e. The van der Waals surface area contributed by atoms with Crippen molar-refractivity contribution in [3.05, 3.63) is 42.9 Å². The Morgan fingerprint density at radius 2 is 2.24 bits per heavy atom. The average molecular weight is 339 g/mol. The molecule has 0 saturated carbocycles. The van der Waals surface area contributed by atoms with Gasteiger partial charge in [0.05, 0.1) is 13.3 Å². The van der Waals surface area contributed by atoms with Crippen LogP contribution in [0.1, 0.15) is 13.3 Å². The van der Waals surface area contributed by atoms with Crippen LogP contribution in [0.4, 0.5) is 5.82 Å². The molecule has 3 rings (SSSR count). The number of anilines is 1. The number of nitrogens with one attached hydrogen (secondary N) is 2. The molecule has 7 nitrogen and oxygen atoms in total. The van der Waals surface area contributed by atoms with Gasteiger partial charge in [-0.3, -0.25) is 14.2 Å². The SMILES string of the molecule is CCNC(=O)CCNc1c(-c2cccc(OC)c2)nc2cnccn12. The van der Waals surface area contributed by atoms with Crippen molar-refractivity contribution >= 4 is 17.4 Å². The van der Waals surface area contributed by atoms with Crippen LogP contribution in [0.2, 0.25) is 0 Å². The molecule has 3 aromatic rings. The van der Waals surface area contributed by atoms with Crippen molar-refractivity contribution in [2.24, 2.45) is 0 Å².